The second-order valence-electron chi connectivity index (χ2n) is 3.35. The van der Waals surface area contributed by atoms with Crippen LogP contribution in [-0.2, 0) is 32.6 Å². The van der Waals surface area contributed by atoms with Gasteiger partial charge in [-0.3, -0.25) is 0 Å². The third-order valence-electron chi connectivity index (χ3n) is 1.84. The summed E-state index contributed by atoms with van der Waals surface area (Å²) in [6.45, 7) is 6.58. The van der Waals surface area contributed by atoms with Crippen LogP contribution in [0.1, 0.15) is 18.1 Å². The maximum atomic E-state index is 3.20. The first-order valence-corrected chi connectivity index (χ1v) is 6.99. The summed E-state index contributed by atoms with van der Waals surface area (Å²) in [6.07, 6.45) is 3.32. The van der Waals surface area contributed by atoms with Gasteiger partial charge in [-0.25, -0.2) is 0 Å². The average Bonchev–Trinajstić information content (AvgIpc) is 2.45. The van der Waals surface area contributed by atoms with Gasteiger partial charge < -0.3 is 24.8 Å². The second-order valence-corrected chi connectivity index (χ2v) is 4.51. The Bertz CT molecular complexity index is 314. The van der Waals surface area contributed by atoms with Crippen LogP contribution in [0.3, 0.4) is 0 Å². The summed E-state index contributed by atoms with van der Waals surface area (Å²) < 4.78 is 0. The molecular formula is C12H16Cl2SiZr. The molecule has 0 unspecified atom stereocenters. The molecule has 2 radical (unpaired) electrons. The summed E-state index contributed by atoms with van der Waals surface area (Å²) in [6, 6.07) is 9.38. The first-order valence-electron chi connectivity index (χ1n) is 4.68. The second kappa shape index (κ2) is 12.1. The number of allylic oxidation sites excluding steroid dienone is 1. The Morgan fingerprint density at radius 3 is 2.31 bits per heavy atom. The van der Waals surface area contributed by atoms with Crippen molar-refractivity contribution in [2.45, 2.75) is 26.4 Å². The summed E-state index contributed by atoms with van der Waals surface area (Å²) in [7, 11) is 0.750. The van der Waals surface area contributed by atoms with Crippen molar-refractivity contribution >= 4 is 15.6 Å². The quantitative estimate of drug-likeness (QED) is 0.345. The van der Waals surface area contributed by atoms with Gasteiger partial charge in [-0.2, -0.15) is 0 Å². The Balaban J connectivity index is -0.000000258. The van der Waals surface area contributed by atoms with Crippen molar-refractivity contribution < 1.29 is 51.0 Å². The summed E-state index contributed by atoms with van der Waals surface area (Å²) >= 11 is 0. The summed E-state index contributed by atoms with van der Waals surface area (Å²) in [4.78, 5) is 0. The molecule has 0 bridgehead atoms. The predicted octanol–water partition coefficient (Wildman–Crippen LogP) is -3.03. The van der Waals surface area contributed by atoms with Crippen LogP contribution in [-0.4, -0.2) is 9.52 Å². The monoisotopic (exact) mass is 348 g/mol. The molecule has 4 heteroatoms. The van der Waals surface area contributed by atoms with E-state index in [-0.39, 0.29) is 51.0 Å². The van der Waals surface area contributed by atoms with Gasteiger partial charge in [-0.1, -0.05) is 20.0 Å². The van der Waals surface area contributed by atoms with Crippen LogP contribution in [0, 0.1) is 6.07 Å². The Morgan fingerprint density at radius 2 is 1.81 bits per heavy atom. The number of hydrogen-bond acceptors (Lipinski definition) is 0. The molecule has 0 amide bonds. The zero-order chi connectivity index (χ0) is 9.68. The molecule has 0 nitrogen and oxygen atoms in total. The van der Waals surface area contributed by atoms with E-state index in [1.54, 1.807) is 0 Å². The van der Waals surface area contributed by atoms with Crippen molar-refractivity contribution in [1.29, 1.82) is 0 Å². The number of rotatable bonds is 0. The van der Waals surface area contributed by atoms with Crippen LogP contribution in [0.15, 0.2) is 23.8 Å². The molecule has 0 aliphatic heterocycles. The minimum absolute atomic E-state index is 0. The zero-order valence-corrected chi connectivity index (χ0v) is 15.0. The smallest absolute Gasteiger partial charge is 1.00 e. The van der Waals surface area contributed by atoms with E-state index in [4.69, 9.17) is 0 Å². The fourth-order valence-electron chi connectivity index (χ4n) is 1.37. The van der Waals surface area contributed by atoms with E-state index in [1.807, 2.05) is 12.1 Å². The molecule has 0 N–H and O–H groups in total. The standard InChI is InChI=1S/C10H9.C2H7Si.2ClH.Zr/c1-8-6-9-4-2-3-5-10(9)7-8;1-3-2;;;/h2-4,7H,6H2,1H3;3H,1-2H3;2*1H;/q-1;;;;+3/p-2. The third-order valence-corrected chi connectivity index (χ3v) is 1.84. The zero-order valence-electron chi connectivity index (χ0n) is 9.85. The van der Waals surface area contributed by atoms with Crippen LogP contribution in [0.25, 0.3) is 6.08 Å². The van der Waals surface area contributed by atoms with Crippen LogP contribution >= 0.6 is 0 Å². The fraction of sp³-hybridized carbons (Fsp3) is 0.333. The molecule has 0 spiro atoms. The summed E-state index contributed by atoms with van der Waals surface area (Å²) in [5.41, 5.74) is 4.14. The van der Waals surface area contributed by atoms with Gasteiger partial charge >= 0.3 is 26.2 Å². The third kappa shape index (κ3) is 7.06. The Labute approximate surface area is 133 Å². The van der Waals surface area contributed by atoms with Gasteiger partial charge in [0.1, 0.15) is 0 Å². The van der Waals surface area contributed by atoms with Crippen molar-refractivity contribution in [3.8, 4) is 0 Å². The molecule has 1 aromatic rings. The average molecular weight is 350 g/mol. The topological polar surface area (TPSA) is 0 Å². The van der Waals surface area contributed by atoms with Gasteiger partial charge in [-0.05, 0) is 6.42 Å². The molecule has 0 heterocycles. The van der Waals surface area contributed by atoms with E-state index < -0.39 is 0 Å². The molecule has 16 heavy (non-hydrogen) atoms. The largest absolute Gasteiger partial charge is 3.00 e. The minimum atomic E-state index is 0. The number of halogens is 2. The molecular weight excluding hydrogens is 334 g/mol. The molecule has 0 saturated carbocycles. The van der Waals surface area contributed by atoms with Gasteiger partial charge in [0, 0.05) is 9.52 Å². The molecule has 0 atom stereocenters. The number of benzene rings is 1. The Hall–Kier alpha value is 0.640. The van der Waals surface area contributed by atoms with Crippen molar-refractivity contribution in [3.63, 3.8) is 0 Å². The van der Waals surface area contributed by atoms with Gasteiger partial charge in [0.05, 0.1) is 0 Å². The van der Waals surface area contributed by atoms with E-state index in [0.29, 0.717) is 0 Å². The summed E-state index contributed by atoms with van der Waals surface area (Å²) in [5, 5.41) is 0. The van der Waals surface area contributed by atoms with Gasteiger partial charge in [0.2, 0.25) is 0 Å². The molecule has 0 saturated heterocycles. The van der Waals surface area contributed by atoms with E-state index >= 15 is 0 Å². The molecule has 1 aliphatic carbocycles. The van der Waals surface area contributed by atoms with Gasteiger partial charge in [-0.15, -0.1) is 47.0 Å². The Morgan fingerprint density at radius 1 is 1.25 bits per heavy atom. The molecule has 1 aliphatic rings. The number of fused-ring (bicyclic) bond motifs is 1. The summed E-state index contributed by atoms with van der Waals surface area (Å²) in [5.74, 6) is 0. The maximum absolute atomic E-state index is 3.20. The van der Waals surface area contributed by atoms with E-state index in [9.17, 15) is 0 Å². The molecule has 0 fully saturated rings. The van der Waals surface area contributed by atoms with Crippen molar-refractivity contribution in [1.82, 2.24) is 0 Å². The van der Waals surface area contributed by atoms with Crippen LogP contribution < -0.4 is 24.8 Å². The molecule has 2 rings (SSSR count). The van der Waals surface area contributed by atoms with Crippen LogP contribution in [0.5, 0.6) is 0 Å². The van der Waals surface area contributed by atoms with Crippen LogP contribution in [0.2, 0.25) is 13.1 Å². The molecule has 0 aromatic heterocycles. The van der Waals surface area contributed by atoms with Crippen LogP contribution in [0.4, 0.5) is 0 Å². The van der Waals surface area contributed by atoms with Crippen molar-refractivity contribution in [2.24, 2.45) is 0 Å². The normalized spacial score (nSPS) is 10.3. The van der Waals surface area contributed by atoms with E-state index in [0.717, 1.165) is 15.9 Å². The van der Waals surface area contributed by atoms with Crippen molar-refractivity contribution in [2.75, 3.05) is 0 Å². The van der Waals surface area contributed by atoms with Crippen molar-refractivity contribution in [3.05, 3.63) is 41.0 Å². The van der Waals surface area contributed by atoms with Gasteiger partial charge in [0.25, 0.3) is 0 Å². The van der Waals surface area contributed by atoms with E-state index in [1.165, 1.54) is 16.7 Å². The molecule has 1 aromatic carbocycles. The van der Waals surface area contributed by atoms with E-state index in [2.05, 4.69) is 38.2 Å². The maximum Gasteiger partial charge on any atom is 3.00 e. The minimum Gasteiger partial charge on any atom is -1.00 e. The van der Waals surface area contributed by atoms with Gasteiger partial charge in [0.15, 0.2) is 0 Å². The number of hydrogen-bond donors (Lipinski definition) is 0. The molecule has 86 valence electrons. The Kier molecular flexibility index (Phi) is 16.6. The first-order chi connectivity index (χ1) is 6.27. The SMILES string of the molecule is CC1=Cc2[c-]cccc2C1.C[SiH]C.[Cl-].[Cl-].[Zr+3]. The predicted molar refractivity (Wildman–Crippen MR) is 61.5 cm³/mol. The first kappa shape index (κ1) is 21.9. The fourth-order valence-corrected chi connectivity index (χ4v) is 1.37.